The van der Waals surface area contributed by atoms with E-state index in [0.29, 0.717) is 0 Å². The number of nitrogens with zero attached hydrogens (tertiary/aromatic N) is 3. The molecule has 0 amide bonds. The number of rotatable bonds is 5. The van der Waals surface area contributed by atoms with Gasteiger partial charge in [-0.05, 0) is 44.6 Å². The fourth-order valence-corrected chi connectivity index (χ4v) is 4.40. The largest absolute Gasteiger partial charge is 0.496 e. The molecule has 3 aromatic heterocycles. The Bertz CT molecular complexity index is 1170. The van der Waals surface area contributed by atoms with Crippen LogP contribution in [0.2, 0.25) is 0 Å². The van der Waals surface area contributed by atoms with Crippen LogP contribution in [0.3, 0.4) is 0 Å². The summed E-state index contributed by atoms with van der Waals surface area (Å²) in [6.45, 7) is 3.04. The first-order chi connectivity index (χ1) is 13.0. The van der Waals surface area contributed by atoms with Crippen LogP contribution in [0.25, 0.3) is 32.1 Å². The van der Waals surface area contributed by atoms with Crippen molar-refractivity contribution in [2.24, 2.45) is 0 Å². The lowest BCUT2D eigenvalue weighted by Crippen LogP contribution is -2.22. The van der Waals surface area contributed by atoms with Gasteiger partial charge in [-0.1, -0.05) is 0 Å². The molecule has 7 heteroatoms. The van der Waals surface area contributed by atoms with Crippen molar-refractivity contribution in [1.29, 1.82) is 0 Å². The van der Waals surface area contributed by atoms with E-state index in [0.717, 1.165) is 44.4 Å². The molecule has 3 heterocycles. The molecule has 0 fully saturated rings. The van der Waals surface area contributed by atoms with Crippen molar-refractivity contribution in [2.45, 2.75) is 13.0 Å². The standard InChI is InChI=1S/C20H22N4O2S/c1-12(10-23(2)3)24-11-13(9-21-24)17-16(26-4)6-5-15-18(17)14-7-8-27-19(14)20(25)22-15/h5-9,11-12H,10H2,1-4H3,(H,22,25). The molecule has 1 aromatic carbocycles. The number of ether oxygens (including phenoxy) is 1. The summed E-state index contributed by atoms with van der Waals surface area (Å²) in [5.74, 6) is 0.766. The maximum absolute atomic E-state index is 12.4. The van der Waals surface area contributed by atoms with Crippen LogP contribution >= 0.6 is 11.3 Å². The molecule has 4 rings (SSSR count). The van der Waals surface area contributed by atoms with Crippen molar-refractivity contribution in [2.75, 3.05) is 27.7 Å². The van der Waals surface area contributed by atoms with E-state index < -0.39 is 0 Å². The van der Waals surface area contributed by atoms with Gasteiger partial charge in [0.25, 0.3) is 5.56 Å². The molecule has 1 atom stereocenters. The maximum Gasteiger partial charge on any atom is 0.266 e. The lowest BCUT2D eigenvalue weighted by molar-refractivity contribution is 0.322. The molecule has 1 unspecified atom stereocenters. The summed E-state index contributed by atoms with van der Waals surface area (Å²) in [6, 6.07) is 6.04. The molecule has 1 N–H and O–H groups in total. The van der Waals surface area contributed by atoms with Crippen molar-refractivity contribution in [3.63, 3.8) is 0 Å². The molecular weight excluding hydrogens is 360 g/mol. The summed E-state index contributed by atoms with van der Waals surface area (Å²) >= 11 is 1.45. The molecule has 0 aliphatic heterocycles. The van der Waals surface area contributed by atoms with Gasteiger partial charge in [0.1, 0.15) is 10.4 Å². The van der Waals surface area contributed by atoms with Crippen molar-refractivity contribution in [1.82, 2.24) is 19.7 Å². The number of fused-ring (bicyclic) bond motifs is 3. The van der Waals surface area contributed by atoms with Crippen molar-refractivity contribution >= 4 is 32.3 Å². The zero-order valence-corrected chi connectivity index (χ0v) is 16.6. The van der Waals surface area contributed by atoms with Gasteiger partial charge in [-0.3, -0.25) is 9.48 Å². The average Bonchev–Trinajstić information content (AvgIpc) is 3.30. The third-order valence-corrected chi connectivity index (χ3v) is 5.66. The quantitative estimate of drug-likeness (QED) is 0.571. The first-order valence-electron chi connectivity index (χ1n) is 8.79. The molecule has 0 radical (unpaired) electrons. The van der Waals surface area contributed by atoms with E-state index in [-0.39, 0.29) is 11.6 Å². The first-order valence-corrected chi connectivity index (χ1v) is 9.67. The molecule has 140 valence electrons. The van der Waals surface area contributed by atoms with Gasteiger partial charge in [-0.15, -0.1) is 11.3 Å². The smallest absolute Gasteiger partial charge is 0.266 e. The van der Waals surface area contributed by atoms with Gasteiger partial charge in [0.15, 0.2) is 0 Å². The Labute approximate surface area is 161 Å². The lowest BCUT2D eigenvalue weighted by atomic mass is 9.99. The minimum Gasteiger partial charge on any atom is -0.496 e. The van der Waals surface area contributed by atoms with Crippen molar-refractivity contribution in [3.05, 3.63) is 46.3 Å². The van der Waals surface area contributed by atoms with E-state index in [4.69, 9.17) is 4.74 Å². The number of nitrogens with one attached hydrogen (secondary N) is 1. The number of H-pyrrole nitrogens is 1. The molecule has 0 spiro atoms. The second kappa shape index (κ2) is 6.83. The van der Waals surface area contributed by atoms with Gasteiger partial charge in [0.2, 0.25) is 0 Å². The van der Waals surface area contributed by atoms with Crippen molar-refractivity contribution in [3.8, 4) is 16.9 Å². The monoisotopic (exact) mass is 382 g/mol. The number of hydrogen-bond donors (Lipinski definition) is 1. The van der Waals surface area contributed by atoms with E-state index in [1.54, 1.807) is 7.11 Å². The number of hydrogen-bond acceptors (Lipinski definition) is 5. The normalized spacial score (nSPS) is 12.9. The van der Waals surface area contributed by atoms with E-state index in [1.165, 1.54) is 11.3 Å². The molecule has 0 saturated heterocycles. The van der Waals surface area contributed by atoms with Crippen LogP contribution in [0.5, 0.6) is 5.75 Å². The van der Waals surface area contributed by atoms with Crippen LogP contribution < -0.4 is 10.3 Å². The van der Waals surface area contributed by atoms with Crippen LogP contribution in [0.15, 0.2) is 40.8 Å². The van der Waals surface area contributed by atoms with Gasteiger partial charge in [0, 0.05) is 40.2 Å². The third-order valence-electron chi connectivity index (χ3n) is 4.75. The van der Waals surface area contributed by atoms with E-state index in [1.807, 2.05) is 34.5 Å². The van der Waals surface area contributed by atoms with E-state index in [2.05, 4.69) is 42.2 Å². The van der Waals surface area contributed by atoms with E-state index >= 15 is 0 Å². The van der Waals surface area contributed by atoms with Crippen LogP contribution in [0.1, 0.15) is 13.0 Å². The Hall–Kier alpha value is -2.64. The zero-order chi connectivity index (χ0) is 19.1. The molecular formula is C20H22N4O2S. The van der Waals surface area contributed by atoms with Crippen LogP contribution in [-0.2, 0) is 0 Å². The summed E-state index contributed by atoms with van der Waals surface area (Å²) in [6.07, 6.45) is 3.92. The van der Waals surface area contributed by atoms with Crippen LogP contribution in [0.4, 0.5) is 0 Å². The molecule has 27 heavy (non-hydrogen) atoms. The first kappa shape index (κ1) is 17.8. The number of aromatic amines is 1. The molecule has 6 nitrogen and oxygen atoms in total. The molecule has 0 saturated carbocycles. The van der Waals surface area contributed by atoms with Gasteiger partial charge in [0.05, 0.1) is 19.3 Å². The SMILES string of the molecule is COc1ccc2[nH]c(=O)c3sccc3c2c1-c1cnn(C(C)CN(C)C)c1. The Morgan fingerprint density at radius 2 is 2.15 bits per heavy atom. The Balaban J connectivity index is 1.97. The molecule has 0 aliphatic rings. The van der Waals surface area contributed by atoms with Crippen LogP contribution in [-0.4, -0.2) is 47.4 Å². The molecule has 0 bridgehead atoms. The number of methoxy groups -OCH3 is 1. The fourth-order valence-electron chi connectivity index (χ4n) is 3.61. The van der Waals surface area contributed by atoms with Gasteiger partial charge < -0.3 is 14.6 Å². The summed E-state index contributed by atoms with van der Waals surface area (Å²) in [7, 11) is 5.77. The summed E-state index contributed by atoms with van der Waals surface area (Å²) in [4.78, 5) is 17.5. The average molecular weight is 382 g/mol. The number of aromatic nitrogens is 3. The van der Waals surface area contributed by atoms with Gasteiger partial charge >= 0.3 is 0 Å². The van der Waals surface area contributed by atoms with Crippen LogP contribution in [0, 0.1) is 0 Å². The Kier molecular flexibility index (Phi) is 4.49. The summed E-state index contributed by atoms with van der Waals surface area (Å²) < 4.78 is 8.37. The highest BCUT2D eigenvalue weighted by molar-refractivity contribution is 7.17. The number of benzene rings is 1. The second-order valence-electron chi connectivity index (χ2n) is 7.00. The van der Waals surface area contributed by atoms with Gasteiger partial charge in [-0.2, -0.15) is 5.10 Å². The zero-order valence-electron chi connectivity index (χ0n) is 15.8. The summed E-state index contributed by atoms with van der Waals surface area (Å²) in [5, 5.41) is 8.46. The molecule has 4 aromatic rings. The minimum atomic E-state index is -0.0566. The third kappa shape index (κ3) is 3.02. The van der Waals surface area contributed by atoms with E-state index in [9.17, 15) is 4.79 Å². The highest BCUT2D eigenvalue weighted by Crippen LogP contribution is 2.40. The number of thiophene rings is 1. The number of pyridine rings is 1. The lowest BCUT2D eigenvalue weighted by Gasteiger charge is -2.17. The topological polar surface area (TPSA) is 63.2 Å². The maximum atomic E-state index is 12.4. The number of likely N-dealkylation sites (N-methyl/N-ethyl adjacent to an activating group) is 1. The predicted octanol–water partition coefficient (Wildman–Crippen LogP) is 3.74. The minimum absolute atomic E-state index is 0.0566. The van der Waals surface area contributed by atoms with Crippen molar-refractivity contribution < 1.29 is 4.74 Å². The van der Waals surface area contributed by atoms with Gasteiger partial charge in [-0.25, -0.2) is 0 Å². The summed E-state index contributed by atoms with van der Waals surface area (Å²) in [5.41, 5.74) is 2.68. The fraction of sp³-hybridized carbons (Fsp3) is 0.300. The second-order valence-corrected chi connectivity index (χ2v) is 7.92. The molecule has 0 aliphatic carbocycles. The highest BCUT2D eigenvalue weighted by atomic mass is 32.1. The highest BCUT2D eigenvalue weighted by Gasteiger charge is 2.18. The Morgan fingerprint density at radius 1 is 1.33 bits per heavy atom. The predicted molar refractivity (Wildman–Crippen MR) is 111 cm³/mol. The Morgan fingerprint density at radius 3 is 2.89 bits per heavy atom.